The highest BCUT2D eigenvalue weighted by Crippen LogP contribution is 2.15. The van der Waals surface area contributed by atoms with Gasteiger partial charge in [-0.1, -0.05) is 0 Å². The van der Waals surface area contributed by atoms with E-state index in [-0.39, 0.29) is 0 Å². The molecule has 0 aromatic carbocycles. The van der Waals surface area contributed by atoms with Crippen LogP contribution in [0.5, 0.6) is 0 Å². The molecule has 0 bridgehead atoms. The van der Waals surface area contributed by atoms with E-state index >= 15 is 0 Å². The Morgan fingerprint density at radius 2 is 2.00 bits per heavy atom. The van der Waals surface area contributed by atoms with Crippen LogP contribution in [0.15, 0.2) is 24.7 Å². The van der Waals surface area contributed by atoms with E-state index < -0.39 is 0 Å². The number of hydrogen-bond acceptors (Lipinski definition) is 5. The minimum absolute atomic E-state index is 0.554. The average molecular weight is 272 g/mol. The third kappa shape index (κ3) is 3.14. The number of H-pyrrole nitrogens is 1. The molecule has 1 saturated heterocycles. The molecule has 3 rings (SSSR count). The number of rotatable bonds is 4. The van der Waals surface area contributed by atoms with Gasteiger partial charge < -0.3 is 15.2 Å². The summed E-state index contributed by atoms with van der Waals surface area (Å²) in [6, 6.07) is 2.41. The summed E-state index contributed by atoms with van der Waals surface area (Å²) >= 11 is 0. The minimum Gasteiger partial charge on any atom is -0.345 e. The molecule has 106 valence electrons. The Balaban J connectivity index is 1.47. The summed E-state index contributed by atoms with van der Waals surface area (Å²) in [4.78, 5) is 18.3. The van der Waals surface area contributed by atoms with Crippen LogP contribution in [0, 0.1) is 6.92 Å². The lowest BCUT2D eigenvalue weighted by atomic mass is 10.1. The third-order valence-corrected chi connectivity index (χ3v) is 3.67. The Morgan fingerprint density at radius 1 is 1.25 bits per heavy atom. The van der Waals surface area contributed by atoms with Crippen molar-refractivity contribution in [3.05, 3.63) is 36.2 Å². The van der Waals surface area contributed by atoms with E-state index in [1.807, 2.05) is 19.2 Å². The molecule has 6 heteroatoms. The Hall–Kier alpha value is -1.95. The van der Waals surface area contributed by atoms with Gasteiger partial charge in [-0.25, -0.2) is 15.0 Å². The van der Waals surface area contributed by atoms with Crippen LogP contribution >= 0.6 is 0 Å². The van der Waals surface area contributed by atoms with Crippen LogP contribution in [-0.2, 0) is 6.54 Å². The van der Waals surface area contributed by atoms with Gasteiger partial charge >= 0.3 is 0 Å². The van der Waals surface area contributed by atoms with Gasteiger partial charge in [0.1, 0.15) is 5.82 Å². The molecule has 0 atom stereocenters. The predicted octanol–water partition coefficient (Wildman–Crippen LogP) is 1.27. The van der Waals surface area contributed by atoms with Crippen LogP contribution < -0.4 is 10.2 Å². The topological polar surface area (TPSA) is 69.7 Å². The Labute approximate surface area is 118 Å². The number of nitrogens with zero attached hydrogens (tertiary/aromatic N) is 4. The van der Waals surface area contributed by atoms with Gasteiger partial charge in [0.05, 0.1) is 0 Å². The summed E-state index contributed by atoms with van der Waals surface area (Å²) in [5.41, 5.74) is 1.15. The first-order valence-corrected chi connectivity index (χ1v) is 7.07. The van der Waals surface area contributed by atoms with Gasteiger partial charge in [-0.3, -0.25) is 0 Å². The molecule has 0 aliphatic carbocycles. The maximum absolute atomic E-state index is 4.30. The minimum atomic E-state index is 0.554. The third-order valence-electron chi connectivity index (χ3n) is 3.67. The molecule has 3 heterocycles. The van der Waals surface area contributed by atoms with Crippen LogP contribution in [-0.4, -0.2) is 39.1 Å². The van der Waals surface area contributed by atoms with Gasteiger partial charge in [-0.2, -0.15) is 0 Å². The summed E-state index contributed by atoms with van der Waals surface area (Å²) in [5, 5.41) is 3.58. The second-order valence-corrected chi connectivity index (χ2v) is 5.18. The fourth-order valence-corrected chi connectivity index (χ4v) is 2.55. The van der Waals surface area contributed by atoms with E-state index in [0.717, 1.165) is 49.9 Å². The second-order valence-electron chi connectivity index (χ2n) is 5.18. The van der Waals surface area contributed by atoms with Crippen molar-refractivity contribution in [2.75, 3.05) is 18.0 Å². The van der Waals surface area contributed by atoms with Crippen molar-refractivity contribution in [1.82, 2.24) is 25.3 Å². The summed E-state index contributed by atoms with van der Waals surface area (Å²) in [5.74, 6) is 1.81. The number of hydrogen-bond donors (Lipinski definition) is 2. The van der Waals surface area contributed by atoms with Crippen molar-refractivity contribution in [2.24, 2.45) is 0 Å². The van der Waals surface area contributed by atoms with E-state index in [1.165, 1.54) is 0 Å². The molecule has 0 amide bonds. The molecule has 20 heavy (non-hydrogen) atoms. The number of nitrogens with one attached hydrogen (secondary N) is 2. The summed E-state index contributed by atoms with van der Waals surface area (Å²) in [6.07, 6.45) is 7.73. The van der Waals surface area contributed by atoms with Crippen LogP contribution in [0.4, 0.5) is 5.95 Å². The lowest BCUT2D eigenvalue weighted by Gasteiger charge is -2.32. The standard InChI is InChI=1S/C14H20N6/c1-11-17-9-13(19-11)10-18-12-3-7-20(8-4-12)14-15-5-2-6-16-14/h2,5-6,9,12,18H,3-4,7-8,10H2,1H3,(H,17,19). The molecular weight excluding hydrogens is 252 g/mol. The largest absolute Gasteiger partial charge is 0.345 e. The quantitative estimate of drug-likeness (QED) is 0.877. The highest BCUT2D eigenvalue weighted by Gasteiger charge is 2.20. The first-order chi connectivity index (χ1) is 9.81. The first-order valence-electron chi connectivity index (χ1n) is 7.07. The molecule has 0 saturated carbocycles. The van der Waals surface area contributed by atoms with Gasteiger partial charge in [-0.15, -0.1) is 0 Å². The smallest absolute Gasteiger partial charge is 0.225 e. The van der Waals surface area contributed by atoms with Gasteiger partial charge in [0, 0.05) is 50.0 Å². The number of piperidine rings is 1. The lowest BCUT2D eigenvalue weighted by molar-refractivity contribution is 0.409. The number of anilines is 1. The molecule has 0 unspecified atom stereocenters. The molecule has 1 aliphatic rings. The fourth-order valence-electron chi connectivity index (χ4n) is 2.55. The highest BCUT2D eigenvalue weighted by molar-refractivity contribution is 5.29. The number of imidazole rings is 1. The zero-order valence-corrected chi connectivity index (χ0v) is 11.7. The van der Waals surface area contributed by atoms with Crippen molar-refractivity contribution >= 4 is 5.95 Å². The van der Waals surface area contributed by atoms with Crippen LogP contribution in [0.3, 0.4) is 0 Å². The van der Waals surface area contributed by atoms with Gasteiger partial charge in [0.2, 0.25) is 5.95 Å². The van der Waals surface area contributed by atoms with Crippen LogP contribution in [0.1, 0.15) is 24.4 Å². The van der Waals surface area contributed by atoms with E-state index in [1.54, 1.807) is 12.4 Å². The van der Waals surface area contributed by atoms with E-state index in [2.05, 4.69) is 30.2 Å². The summed E-state index contributed by atoms with van der Waals surface area (Å²) in [7, 11) is 0. The number of aryl methyl sites for hydroxylation is 1. The average Bonchev–Trinajstić information content (AvgIpc) is 2.92. The van der Waals surface area contributed by atoms with E-state index in [9.17, 15) is 0 Å². The van der Waals surface area contributed by atoms with E-state index in [0.29, 0.717) is 6.04 Å². The molecule has 2 N–H and O–H groups in total. The highest BCUT2D eigenvalue weighted by atomic mass is 15.3. The Morgan fingerprint density at radius 3 is 2.65 bits per heavy atom. The van der Waals surface area contributed by atoms with E-state index in [4.69, 9.17) is 0 Å². The molecule has 0 radical (unpaired) electrons. The summed E-state index contributed by atoms with van der Waals surface area (Å²) in [6.45, 7) is 4.84. The SMILES string of the molecule is Cc1ncc(CNC2CCN(c3ncccn3)CC2)[nH]1. The van der Waals surface area contributed by atoms with Gasteiger partial charge in [0.25, 0.3) is 0 Å². The monoisotopic (exact) mass is 272 g/mol. The maximum Gasteiger partial charge on any atom is 0.225 e. The molecule has 2 aromatic rings. The fraction of sp³-hybridized carbons (Fsp3) is 0.500. The molecule has 2 aromatic heterocycles. The molecule has 0 spiro atoms. The maximum atomic E-state index is 4.30. The first kappa shape index (κ1) is 13.1. The zero-order chi connectivity index (χ0) is 13.8. The van der Waals surface area contributed by atoms with Crippen LogP contribution in [0.25, 0.3) is 0 Å². The number of aromatic nitrogens is 4. The zero-order valence-electron chi connectivity index (χ0n) is 11.7. The molecular formula is C14H20N6. The molecule has 1 fully saturated rings. The lowest BCUT2D eigenvalue weighted by Crippen LogP contribution is -2.42. The van der Waals surface area contributed by atoms with Crippen molar-refractivity contribution in [1.29, 1.82) is 0 Å². The van der Waals surface area contributed by atoms with Crippen molar-refractivity contribution < 1.29 is 0 Å². The van der Waals surface area contributed by atoms with Crippen molar-refractivity contribution in [3.8, 4) is 0 Å². The van der Waals surface area contributed by atoms with Crippen molar-refractivity contribution in [3.63, 3.8) is 0 Å². The van der Waals surface area contributed by atoms with Gasteiger partial charge in [-0.05, 0) is 25.8 Å². The normalized spacial score (nSPS) is 16.6. The van der Waals surface area contributed by atoms with Crippen molar-refractivity contribution in [2.45, 2.75) is 32.4 Å². The Kier molecular flexibility index (Phi) is 3.92. The summed E-state index contributed by atoms with van der Waals surface area (Å²) < 4.78 is 0. The molecule has 6 nitrogen and oxygen atoms in total. The Bertz CT molecular complexity index is 530. The molecule has 1 aliphatic heterocycles. The van der Waals surface area contributed by atoms with Crippen LogP contribution in [0.2, 0.25) is 0 Å². The van der Waals surface area contributed by atoms with Gasteiger partial charge in [0.15, 0.2) is 0 Å². The second kappa shape index (κ2) is 6.00. The predicted molar refractivity (Wildman–Crippen MR) is 77.4 cm³/mol. The number of aromatic amines is 1.